The summed E-state index contributed by atoms with van der Waals surface area (Å²) in [6.07, 6.45) is 3.99. The summed E-state index contributed by atoms with van der Waals surface area (Å²) in [7, 11) is 0. The van der Waals surface area contributed by atoms with E-state index in [9.17, 15) is 4.79 Å². The lowest BCUT2D eigenvalue weighted by Crippen LogP contribution is -2.41. The summed E-state index contributed by atoms with van der Waals surface area (Å²) >= 11 is 0. The van der Waals surface area contributed by atoms with Crippen molar-refractivity contribution in [2.75, 3.05) is 13.1 Å². The Labute approximate surface area is 150 Å². The van der Waals surface area contributed by atoms with Crippen LogP contribution in [0.5, 0.6) is 0 Å². The minimum Gasteiger partial charge on any atom is -0.339 e. The molecule has 3 heterocycles. The fraction of sp³-hybridized carbons (Fsp3) is 0.389. The predicted octanol–water partition coefficient (Wildman–Crippen LogP) is 2.26. The van der Waals surface area contributed by atoms with Gasteiger partial charge in [-0.15, -0.1) is 0 Å². The SMILES string of the molecule is Cc1ccccc1-c1noc(CC2CCCN(C(=O)c3ncn[nH]3)C2)n1. The summed E-state index contributed by atoms with van der Waals surface area (Å²) in [5.74, 6) is 1.69. The zero-order valence-corrected chi connectivity index (χ0v) is 14.6. The molecule has 1 fully saturated rings. The summed E-state index contributed by atoms with van der Waals surface area (Å²) in [4.78, 5) is 22.7. The van der Waals surface area contributed by atoms with E-state index < -0.39 is 0 Å². The van der Waals surface area contributed by atoms with Gasteiger partial charge in [-0.05, 0) is 31.2 Å². The Bertz CT molecular complexity index is 889. The second kappa shape index (κ2) is 7.07. The zero-order valence-electron chi connectivity index (χ0n) is 14.6. The van der Waals surface area contributed by atoms with Crippen LogP contribution in [0.1, 0.15) is 34.9 Å². The van der Waals surface area contributed by atoms with Gasteiger partial charge in [0.15, 0.2) is 0 Å². The van der Waals surface area contributed by atoms with Gasteiger partial charge in [-0.2, -0.15) is 10.1 Å². The molecule has 0 bridgehead atoms. The molecular formula is C18H20N6O2. The molecule has 8 nitrogen and oxygen atoms in total. The number of piperidine rings is 1. The Morgan fingerprint density at radius 1 is 1.38 bits per heavy atom. The molecule has 0 aliphatic carbocycles. The number of H-pyrrole nitrogens is 1. The van der Waals surface area contributed by atoms with Gasteiger partial charge in [0, 0.05) is 25.1 Å². The molecule has 1 amide bonds. The molecule has 134 valence electrons. The van der Waals surface area contributed by atoms with E-state index in [1.54, 1.807) is 0 Å². The highest BCUT2D eigenvalue weighted by molar-refractivity contribution is 5.90. The van der Waals surface area contributed by atoms with Crippen molar-refractivity contribution >= 4 is 5.91 Å². The average Bonchev–Trinajstić information content (AvgIpc) is 3.34. The van der Waals surface area contributed by atoms with Gasteiger partial charge in [0.05, 0.1) is 0 Å². The summed E-state index contributed by atoms with van der Waals surface area (Å²) in [6, 6.07) is 7.97. The third-order valence-electron chi connectivity index (χ3n) is 4.74. The monoisotopic (exact) mass is 352 g/mol. The van der Waals surface area contributed by atoms with Crippen LogP contribution >= 0.6 is 0 Å². The first-order valence-corrected chi connectivity index (χ1v) is 8.74. The molecule has 4 rings (SSSR count). The normalized spacial score (nSPS) is 17.4. The van der Waals surface area contributed by atoms with Crippen molar-refractivity contribution < 1.29 is 9.32 Å². The highest BCUT2D eigenvalue weighted by Crippen LogP contribution is 2.24. The van der Waals surface area contributed by atoms with E-state index in [-0.39, 0.29) is 11.7 Å². The Balaban J connectivity index is 1.43. The van der Waals surface area contributed by atoms with Gasteiger partial charge in [-0.25, -0.2) is 4.98 Å². The highest BCUT2D eigenvalue weighted by Gasteiger charge is 2.27. The number of carbonyl (C=O) groups is 1. The predicted molar refractivity (Wildman–Crippen MR) is 93.2 cm³/mol. The van der Waals surface area contributed by atoms with Crippen molar-refractivity contribution in [2.24, 2.45) is 5.92 Å². The van der Waals surface area contributed by atoms with Crippen LogP contribution in [0.3, 0.4) is 0 Å². The second-order valence-electron chi connectivity index (χ2n) is 6.62. The van der Waals surface area contributed by atoms with Crippen LogP contribution in [0.15, 0.2) is 35.1 Å². The number of amides is 1. The molecule has 1 N–H and O–H groups in total. The molecule has 2 aromatic heterocycles. The van der Waals surface area contributed by atoms with Crippen LogP contribution in [0.25, 0.3) is 11.4 Å². The van der Waals surface area contributed by atoms with E-state index in [2.05, 4.69) is 25.3 Å². The number of nitrogens with zero attached hydrogens (tertiary/aromatic N) is 5. The number of aryl methyl sites for hydroxylation is 1. The second-order valence-corrected chi connectivity index (χ2v) is 6.62. The number of rotatable bonds is 4. The molecule has 1 atom stereocenters. The summed E-state index contributed by atoms with van der Waals surface area (Å²) < 4.78 is 5.45. The first-order chi connectivity index (χ1) is 12.7. The lowest BCUT2D eigenvalue weighted by molar-refractivity contribution is 0.0656. The lowest BCUT2D eigenvalue weighted by atomic mass is 9.94. The minimum atomic E-state index is -0.113. The average molecular weight is 352 g/mol. The van der Waals surface area contributed by atoms with Gasteiger partial charge < -0.3 is 9.42 Å². The molecular weight excluding hydrogens is 332 g/mol. The summed E-state index contributed by atoms with van der Waals surface area (Å²) in [5, 5.41) is 10.5. The van der Waals surface area contributed by atoms with Gasteiger partial charge in [0.25, 0.3) is 5.91 Å². The van der Waals surface area contributed by atoms with Crippen molar-refractivity contribution in [3.8, 4) is 11.4 Å². The van der Waals surface area contributed by atoms with Crippen molar-refractivity contribution in [1.82, 2.24) is 30.2 Å². The van der Waals surface area contributed by atoms with Crippen LogP contribution in [0.2, 0.25) is 0 Å². The number of aromatic nitrogens is 5. The molecule has 1 aromatic carbocycles. The molecule has 0 saturated carbocycles. The van der Waals surface area contributed by atoms with Gasteiger partial charge >= 0.3 is 0 Å². The largest absolute Gasteiger partial charge is 0.339 e. The van der Waals surface area contributed by atoms with E-state index >= 15 is 0 Å². The zero-order chi connectivity index (χ0) is 17.9. The number of nitrogens with one attached hydrogen (secondary N) is 1. The third kappa shape index (κ3) is 3.35. The van der Waals surface area contributed by atoms with Crippen LogP contribution in [0, 0.1) is 12.8 Å². The third-order valence-corrected chi connectivity index (χ3v) is 4.74. The fourth-order valence-corrected chi connectivity index (χ4v) is 3.39. The first-order valence-electron chi connectivity index (χ1n) is 8.74. The Morgan fingerprint density at radius 2 is 2.27 bits per heavy atom. The molecule has 0 radical (unpaired) electrons. The molecule has 1 aliphatic heterocycles. The van der Waals surface area contributed by atoms with Gasteiger partial charge in [-0.3, -0.25) is 9.89 Å². The van der Waals surface area contributed by atoms with Crippen LogP contribution in [-0.2, 0) is 6.42 Å². The number of benzene rings is 1. The van der Waals surface area contributed by atoms with E-state index in [4.69, 9.17) is 4.52 Å². The van der Waals surface area contributed by atoms with Crippen LogP contribution < -0.4 is 0 Å². The minimum absolute atomic E-state index is 0.113. The standard InChI is InChI=1S/C18H20N6O2/c1-12-5-2-3-7-14(12)16-21-15(26-23-16)9-13-6-4-8-24(10-13)18(25)17-19-11-20-22-17/h2-3,5,7,11,13H,4,6,8-10H2,1H3,(H,19,20,22). The van der Waals surface area contributed by atoms with Crippen molar-refractivity contribution in [1.29, 1.82) is 0 Å². The van der Waals surface area contributed by atoms with Gasteiger partial charge in [0.2, 0.25) is 17.5 Å². The molecule has 0 spiro atoms. The Hall–Kier alpha value is -3.03. The first kappa shape index (κ1) is 16.4. The number of aromatic amines is 1. The maximum absolute atomic E-state index is 12.4. The highest BCUT2D eigenvalue weighted by atomic mass is 16.5. The number of likely N-dealkylation sites (tertiary alicyclic amines) is 1. The van der Waals surface area contributed by atoms with E-state index in [0.717, 1.165) is 30.5 Å². The topological polar surface area (TPSA) is 101 Å². The molecule has 1 unspecified atom stereocenters. The van der Waals surface area contributed by atoms with Crippen LogP contribution in [0.4, 0.5) is 0 Å². The lowest BCUT2D eigenvalue weighted by Gasteiger charge is -2.31. The van der Waals surface area contributed by atoms with E-state index in [1.807, 2.05) is 36.1 Å². The number of hydrogen-bond acceptors (Lipinski definition) is 6. The van der Waals surface area contributed by atoms with Gasteiger partial charge in [0.1, 0.15) is 6.33 Å². The molecule has 8 heteroatoms. The Kier molecular flexibility index (Phi) is 4.47. The quantitative estimate of drug-likeness (QED) is 0.773. The van der Waals surface area contributed by atoms with E-state index in [0.29, 0.717) is 30.6 Å². The van der Waals surface area contributed by atoms with E-state index in [1.165, 1.54) is 6.33 Å². The number of carbonyl (C=O) groups excluding carboxylic acids is 1. The smallest absolute Gasteiger partial charge is 0.291 e. The van der Waals surface area contributed by atoms with Crippen molar-refractivity contribution in [2.45, 2.75) is 26.2 Å². The van der Waals surface area contributed by atoms with Crippen LogP contribution in [-0.4, -0.2) is 49.2 Å². The van der Waals surface area contributed by atoms with Crippen molar-refractivity contribution in [3.05, 3.63) is 47.9 Å². The number of hydrogen-bond donors (Lipinski definition) is 1. The molecule has 26 heavy (non-hydrogen) atoms. The maximum atomic E-state index is 12.4. The molecule has 1 aliphatic rings. The van der Waals surface area contributed by atoms with Crippen molar-refractivity contribution in [3.63, 3.8) is 0 Å². The Morgan fingerprint density at radius 3 is 3.08 bits per heavy atom. The maximum Gasteiger partial charge on any atom is 0.291 e. The summed E-state index contributed by atoms with van der Waals surface area (Å²) in [5.41, 5.74) is 2.09. The van der Waals surface area contributed by atoms with Gasteiger partial charge in [-0.1, -0.05) is 29.4 Å². The molecule has 1 saturated heterocycles. The molecule has 3 aromatic rings. The summed E-state index contributed by atoms with van der Waals surface area (Å²) in [6.45, 7) is 3.41. The fourth-order valence-electron chi connectivity index (χ4n) is 3.39.